The summed E-state index contributed by atoms with van der Waals surface area (Å²) in [5.74, 6) is 4.31. The molecule has 0 aromatic rings. The second-order valence-corrected chi connectivity index (χ2v) is 8.28. The number of rotatable bonds is 9. The van der Waals surface area contributed by atoms with Gasteiger partial charge < -0.3 is 0 Å². The van der Waals surface area contributed by atoms with Crippen molar-refractivity contribution in [3.05, 3.63) is 12.7 Å². The van der Waals surface area contributed by atoms with E-state index in [1.807, 2.05) is 0 Å². The minimum absolute atomic E-state index is 1.04. The molecular formula is C22H40. The molecule has 0 nitrogen and oxygen atoms in total. The van der Waals surface area contributed by atoms with Crippen LogP contribution in [0.1, 0.15) is 103 Å². The Morgan fingerprint density at radius 3 is 1.68 bits per heavy atom. The monoisotopic (exact) mass is 304 g/mol. The highest BCUT2D eigenvalue weighted by atomic mass is 14.4. The summed E-state index contributed by atoms with van der Waals surface area (Å²) < 4.78 is 0. The molecule has 0 bridgehead atoms. The van der Waals surface area contributed by atoms with Crippen LogP contribution in [0.15, 0.2) is 12.7 Å². The van der Waals surface area contributed by atoms with Crippen LogP contribution in [0.3, 0.4) is 0 Å². The summed E-state index contributed by atoms with van der Waals surface area (Å²) >= 11 is 0. The average molecular weight is 305 g/mol. The first-order valence-corrected chi connectivity index (χ1v) is 10.4. The number of hydrogen-bond donors (Lipinski definition) is 0. The van der Waals surface area contributed by atoms with Gasteiger partial charge in [0.25, 0.3) is 0 Å². The van der Waals surface area contributed by atoms with E-state index in [9.17, 15) is 0 Å². The topological polar surface area (TPSA) is 0 Å². The second-order valence-electron chi connectivity index (χ2n) is 8.28. The summed E-state index contributed by atoms with van der Waals surface area (Å²) in [7, 11) is 0. The lowest BCUT2D eigenvalue weighted by Crippen LogP contribution is -2.25. The highest BCUT2D eigenvalue weighted by molar-refractivity contribution is 4.82. The summed E-state index contributed by atoms with van der Waals surface area (Å²) in [5.41, 5.74) is 0. The molecule has 128 valence electrons. The molecule has 0 aliphatic heterocycles. The Labute approximate surface area is 140 Å². The van der Waals surface area contributed by atoms with Crippen LogP contribution in [0.5, 0.6) is 0 Å². The van der Waals surface area contributed by atoms with E-state index in [0.717, 1.165) is 23.7 Å². The van der Waals surface area contributed by atoms with Crippen molar-refractivity contribution >= 4 is 0 Å². The molecule has 2 saturated carbocycles. The fourth-order valence-electron chi connectivity index (χ4n) is 5.13. The highest BCUT2D eigenvalue weighted by Crippen LogP contribution is 2.43. The quantitative estimate of drug-likeness (QED) is 0.305. The normalized spacial score (nSPS) is 32.8. The van der Waals surface area contributed by atoms with Crippen LogP contribution in [0, 0.1) is 23.7 Å². The Morgan fingerprint density at radius 2 is 1.23 bits per heavy atom. The van der Waals surface area contributed by atoms with E-state index in [-0.39, 0.29) is 0 Å². The first-order valence-electron chi connectivity index (χ1n) is 10.4. The van der Waals surface area contributed by atoms with Crippen LogP contribution < -0.4 is 0 Å². The van der Waals surface area contributed by atoms with Crippen molar-refractivity contribution in [2.24, 2.45) is 23.7 Å². The molecule has 0 aromatic carbocycles. The van der Waals surface area contributed by atoms with Crippen LogP contribution in [0.2, 0.25) is 0 Å². The van der Waals surface area contributed by atoms with Gasteiger partial charge in [0.2, 0.25) is 0 Å². The second kappa shape index (κ2) is 10.5. The molecule has 0 spiro atoms. The van der Waals surface area contributed by atoms with Crippen LogP contribution in [0.4, 0.5) is 0 Å². The van der Waals surface area contributed by atoms with Gasteiger partial charge in [-0.25, -0.2) is 0 Å². The van der Waals surface area contributed by atoms with Crippen molar-refractivity contribution in [3.8, 4) is 0 Å². The van der Waals surface area contributed by atoms with Gasteiger partial charge in [-0.3, -0.25) is 0 Å². The number of unbranched alkanes of at least 4 members (excludes halogenated alkanes) is 3. The van der Waals surface area contributed by atoms with Crippen molar-refractivity contribution in [2.75, 3.05) is 0 Å². The molecule has 0 aromatic heterocycles. The van der Waals surface area contributed by atoms with E-state index in [2.05, 4.69) is 19.6 Å². The van der Waals surface area contributed by atoms with Gasteiger partial charge in [-0.2, -0.15) is 0 Å². The molecule has 0 saturated heterocycles. The van der Waals surface area contributed by atoms with Crippen LogP contribution in [-0.4, -0.2) is 0 Å². The lowest BCUT2D eigenvalue weighted by atomic mass is 9.68. The van der Waals surface area contributed by atoms with E-state index in [4.69, 9.17) is 0 Å². The van der Waals surface area contributed by atoms with Gasteiger partial charge in [-0.1, -0.05) is 70.8 Å². The zero-order chi connectivity index (χ0) is 15.6. The van der Waals surface area contributed by atoms with Gasteiger partial charge in [0, 0.05) is 0 Å². The van der Waals surface area contributed by atoms with Crippen LogP contribution in [-0.2, 0) is 0 Å². The number of hydrogen-bond acceptors (Lipinski definition) is 0. The lowest BCUT2D eigenvalue weighted by molar-refractivity contribution is 0.140. The molecule has 0 amide bonds. The zero-order valence-electron chi connectivity index (χ0n) is 15.2. The summed E-state index contributed by atoms with van der Waals surface area (Å²) in [4.78, 5) is 0. The Balaban J connectivity index is 1.59. The average Bonchev–Trinajstić information content (AvgIpc) is 2.57. The Bertz CT molecular complexity index is 276. The van der Waals surface area contributed by atoms with Gasteiger partial charge >= 0.3 is 0 Å². The van der Waals surface area contributed by atoms with E-state index in [1.54, 1.807) is 38.5 Å². The van der Waals surface area contributed by atoms with Crippen molar-refractivity contribution < 1.29 is 0 Å². The summed E-state index contributed by atoms with van der Waals surface area (Å²) in [5, 5.41) is 0. The summed E-state index contributed by atoms with van der Waals surface area (Å²) in [6, 6.07) is 0. The Kier molecular flexibility index (Phi) is 8.63. The fraction of sp³-hybridized carbons (Fsp3) is 0.909. The smallest absolute Gasteiger partial charge is 0.0353 e. The maximum Gasteiger partial charge on any atom is -0.0353 e. The van der Waals surface area contributed by atoms with Crippen molar-refractivity contribution in [1.82, 2.24) is 0 Å². The van der Waals surface area contributed by atoms with Crippen LogP contribution >= 0.6 is 0 Å². The highest BCUT2D eigenvalue weighted by Gasteiger charge is 2.30. The van der Waals surface area contributed by atoms with E-state index < -0.39 is 0 Å². The largest absolute Gasteiger partial charge is 0.103 e. The Hall–Kier alpha value is -0.260. The Morgan fingerprint density at radius 1 is 0.727 bits per heavy atom. The first-order chi connectivity index (χ1) is 10.8. The van der Waals surface area contributed by atoms with Gasteiger partial charge in [0.05, 0.1) is 0 Å². The summed E-state index contributed by atoms with van der Waals surface area (Å²) in [6.45, 7) is 6.17. The van der Waals surface area contributed by atoms with Crippen molar-refractivity contribution in [2.45, 2.75) is 103 Å². The van der Waals surface area contributed by atoms with Crippen LogP contribution in [0.25, 0.3) is 0 Å². The zero-order valence-corrected chi connectivity index (χ0v) is 15.2. The van der Waals surface area contributed by atoms with E-state index >= 15 is 0 Å². The minimum atomic E-state index is 1.04. The molecule has 2 fully saturated rings. The molecule has 0 N–H and O–H groups in total. The predicted octanol–water partition coefficient (Wildman–Crippen LogP) is 7.54. The van der Waals surface area contributed by atoms with Crippen molar-refractivity contribution in [3.63, 3.8) is 0 Å². The fourth-order valence-corrected chi connectivity index (χ4v) is 5.13. The van der Waals surface area contributed by atoms with E-state index in [0.29, 0.717) is 0 Å². The van der Waals surface area contributed by atoms with Gasteiger partial charge in [-0.15, -0.1) is 6.58 Å². The minimum Gasteiger partial charge on any atom is -0.103 e. The first kappa shape index (κ1) is 18.1. The third-order valence-corrected chi connectivity index (χ3v) is 6.69. The summed E-state index contributed by atoms with van der Waals surface area (Å²) in [6.07, 6.45) is 24.4. The third kappa shape index (κ3) is 6.09. The molecule has 0 unspecified atom stereocenters. The third-order valence-electron chi connectivity index (χ3n) is 6.69. The molecule has 0 radical (unpaired) electrons. The number of allylic oxidation sites excluding steroid dienone is 1. The standard InChI is InChI=1S/C22H40/c1-3-5-7-9-19-11-15-21(16-12-19)22-17-13-20(14-18-22)10-8-6-4-2/h3,19-22H,1,4-18H2,2H3. The molecule has 2 aliphatic carbocycles. The van der Waals surface area contributed by atoms with Gasteiger partial charge in [0.1, 0.15) is 0 Å². The maximum absolute atomic E-state index is 3.85. The molecule has 0 atom stereocenters. The predicted molar refractivity (Wildman–Crippen MR) is 99.1 cm³/mol. The molecule has 0 heterocycles. The molecule has 2 rings (SSSR count). The molecule has 2 aliphatic rings. The SMILES string of the molecule is C=CCCCC1CCC(C2CCC(CCCCC)CC2)CC1. The van der Waals surface area contributed by atoms with Gasteiger partial charge in [-0.05, 0) is 62.2 Å². The maximum atomic E-state index is 3.85. The molecular weight excluding hydrogens is 264 g/mol. The van der Waals surface area contributed by atoms with Crippen molar-refractivity contribution in [1.29, 1.82) is 0 Å². The molecule has 0 heteroatoms. The van der Waals surface area contributed by atoms with Gasteiger partial charge in [0.15, 0.2) is 0 Å². The molecule has 22 heavy (non-hydrogen) atoms. The lowest BCUT2D eigenvalue weighted by Gasteiger charge is -2.38. The van der Waals surface area contributed by atoms with E-state index in [1.165, 1.54) is 57.8 Å².